The quantitative estimate of drug-likeness (QED) is 0.306. The summed E-state index contributed by atoms with van der Waals surface area (Å²) in [5.74, 6) is 0.693. The first-order chi connectivity index (χ1) is 14.2. The zero-order valence-electron chi connectivity index (χ0n) is 15.9. The molecular formula is C26H20N2O. The molecule has 5 rings (SSSR count). The molecule has 0 atom stereocenters. The Bertz CT molecular complexity index is 1340. The summed E-state index contributed by atoms with van der Waals surface area (Å²) in [5, 5.41) is 9.39. The fraction of sp³-hybridized carbons (Fsp3) is 0.0385. The first-order valence-corrected chi connectivity index (χ1v) is 9.61. The Balaban J connectivity index is 1.66. The Morgan fingerprint density at radius 3 is 2.31 bits per heavy atom. The Morgan fingerprint density at radius 2 is 1.52 bits per heavy atom. The molecule has 2 aliphatic rings. The van der Waals surface area contributed by atoms with Gasteiger partial charge >= 0.3 is 0 Å². The average molecular weight is 376 g/mol. The van der Waals surface area contributed by atoms with Gasteiger partial charge in [-0.2, -0.15) is 0 Å². The van der Waals surface area contributed by atoms with E-state index in [1.165, 1.54) is 11.1 Å². The molecule has 1 aliphatic carbocycles. The van der Waals surface area contributed by atoms with Gasteiger partial charge in [-0.1, -0.05) is 54.6 Å². The topological polar surface area (TPSA) is 63.0 Å². The van der Waals surface area contributed by atoms with Crippen LogP contribution in [0.2, 0.25) is 0 Å². The Kier molecular flexibility index (Phi) is 4.14. The fourth-order valence-corrected chi connectivity index (χ4v) is 3.84. The van der Waals surface area contributed by atoms with Crippen molar-refractivity contribution in [3.8, 4) is 22.5 Å². The summed E-state index contributed by atoms with van der Waals surface area (Å²) in [5.41, 5.74) is 13.2. The minimum atomic E-state index is 0.425. The second kappa shape index (κ2) is 6.95. The zero-order chi connectivity index (χ0) is 19.8. The number of nitrogen functional groups attached to an aromatic ring is 1. The first kappa shape index (κ1) is 17.3. The number of nitrogens with two attached hydrogens (primary N) is 1. The summed E-state index contributed by atoms with van der Waals surface area (Å²) in [6.45, 7) is 0. The highest BCUT2D eigenvalue weighted by molar-refractivity contribution is 6.02. The van der Waals surface area contributed by atoms with Crippen molar-refractivity contribution in [3.05, 3.63) is 107 Å². The van der Waals surface area contributed by atoms with E-state index in [4.69, 9.17) is 15.6 Å². The van der Waals surface area contributed by atoms with E-state index in [1.54, 1.807) is 12.1 Å². The van der Waals surface area contributed by atoms with E-state index < -0.39 is 0 Å². The normalized spacial score (nSPS) is 11.2. The van der Waals surface area contributed by atoms with E-state index in [0.717, 1.165) is 34.1 Å². The second-order valence-electron chi connectivity index (χ2n) is 7.30. The van der Waals surface area contributed by atoms with Gasteiger partial charge in [0.15, 0.2) is 0 Å². The van der Waals surface area contributed by atoms with Gasteiger partial charge in [0.25, 0.3) is 0 Å². The van der Waals surface area contributed by atoms with Crippen LogP contribution in [-0.4, -0.2) is 0 Å². The van der Waals surface area contributed by atoms with Crippen LogP contribution in [0.25, 0.3) is 33.4 Å². The molecule has 3 aromatic rings. The number of rotatable bonds is 3. The predicted octanol–water partition coefficient (Wildman–Crippen LogP) is 5.86. The van der Waals surface area contributed by atoms with Crippen LogP contribution in [0.1, 0.15) is 11.1 Å². The minimum Gasteiger partial charge on any atom is -0.456 e. The maximum absolute atomic E-state index is 7.95. The monoisotopic (exact) mass is 376 g/mol. The minimum absolute atomic E-state index is 0.425. The number of hydrogen-bond acceptors (Lipinski definition) is 3. The fourth-order valence-electron chi connectivity index (χ4n) is 3.84. The van der Waals surface area contributed by atoms with Crippen LogP contribution in [0.5, 0.6) is 0 Å². The zero-order valence-corrected chi connectivity index (χ0v) is 15.9. The van der Waals surface area contributed by atoms with Crippen LogP contribution in [0, 0.1) is 5.41 Å². The van der Waals surface area contributed by atoms with Crippen molar-refractivity contribution in [2.75, 3.05) is 5.73 Å². The molecule has 3 heteroatoms. The molecule has 0 saturated heterocycles. The SMILES string of the molecule is N=c1ccc2c(-c3ccc(Cc4ccccc4)cc3)c3ccc(N)cc3oc-2c1. The summed E-state index contributed by atoms with van der Waals surface area (Å²) in [7, 11) is 0. The predicted molar refractivity (Wildman–Crippen MR) is 118 cm³/mol. The first-order valence-electron chi connectivity index (χ1n) is 9.61. The summed E-state index contributed by atoms with van der Waals surface area (Å²) in [6, 6.07) is 30.4. The molecule has 0 unspecified atom stereocenters. The molecule has 0 saturated carbocycles. The van der Waals surface area contributed by atoms with Gasteiger partial charge in [0.2, 0.25) is 0 Å². The Morgan fingerprint density at radius 1 is 0.759 bits per heavy atom. The highest BCUT2D eigenvalue weighted by Gasteiger charge is 2.17. The van der Waals surface area contributed by atoms with Crippen molar-refractivity contribution in [2.45, 2.75) is 6.42 Å². The lowest BCUT2D eigenvalue weighted by Gasteiger charge is -2.16. The van der Waals surface area contributed by atoms with Crippen molar-refractivity contribution in [2.24, 2.45) is 0 Å². The van der Waals surface area contributed by atoms with Crippen molar-refractivity contribution in [3.63, 3.8) is 0 Å². The Labute approximate surface area is 168 Å². The van der Waals surface area contributed by atoms with E-state index >= 15 is 0 Å². The Hall–Kier alpha value is -3.85. The van der Waals surface area contributed by atoms with Gasteiger partial charge in [-0.05, 0) is 47.4 Å². The number of nitrogens with one attached hydrogen (secondary N) is 1. The highest BCUT2D eigenvalue weighted by Crippen LogP contribution is 2.40. The molecule has 1 heterocycles. The molecule has 1 aliphatic heterocycles. The third-order valence-corrected chi connectivity index (χ3v) is 5.24. The van der Waals surface area contributed by atoms with Crippen LogP contribution in [0.15, 0.2) is 95.4 Å². The molecule has 0 amide bonds. The van der Waals surface area contributed by atoms with Crippen molar-refractivity contribution in [1.82, 2.24) is 0 Å². The standard InChI is InChI=1S/C26H20N2O/c27-20-10-12-22-24(15-20)29-25-16-21(28)11-13-23(25)26(22)19-8-6-18(7-9-19)14-17-4-2-1-3-5-17/h1-13,15-16,27H,14,28H2. The maximum Gasteiger partial charge on any atom is 0.137 e. The molecule has 3 nitrogen and oxygen atoms in total. The van der Waals surface area contributed by atoms with Gasteiger partial charge in [0, 0.05) is 34.3 Å². The average Bonchev–Trinajstić information content (AvgIpc) is 2.73. The lowest BCUT2D eigenvalue weighted by molar-refractivity contribution is 0.619. The van der Waals surface area contributed by atoms with E-state index in [1.807, 2.05) is 30.3 Å². The van der Waals surface area contributed by atoms with Gasteiger partial charge in [-0.15, -0.1) is 0 Å². The number of anilines is 1. The number of benzene rings is 4. The van der Waals surface area contributed by atoms with Crippen LogP contribution in [-0.2, 0) is 6.42 Å². The van der Waals surface area contributed by atoms with E-state index in [-0.39, 0.29) is 0 Å². The van der Waals surface area contributed by atoms with Gasteiger partial charge in [-0.25, -0.2) is 0 Å². The molecule has 140 valence electrons. The van der Waals surface area contributed by atoms with Gasteiger partial charge < -0.3 is 15.6 Å². The van der Waals surface area contributed by atoms with Crippen molar-refractivity contribution < 1.29 is 4.42 Å². The number of hydrogen-bond donors (Lipinski definition) is 2. The maximum atomic E-state index is 7.95. The van der Waals surface area contributed by atoms with Crippen molar-refractivity contribution in [1.29, 1.82) is 5.41 Å². The van der Waals surface area contributed by atoms with E-state index in [9.17, 15) is 0 Å². The molecule has 3 aromatic carbocycles. The second-order valence-corrected chi connectivity index (χ2v) is 7.30. The van der Waals surface area contributed by atoms with Crippen LogP contribution < -0.4 is 11.1 Å². The third-order valence-electron chi connectivity index (χ3n) is 5.24. The summed E-state index contributed by atoms with van der Waals surface area (Å²) in [6.07, 6.45) is 0.908. The van der Waals surface area contributed by atoms with Crippen LogP contribution in [0.4, 0.5) is 5.69 Å². The summed E-state index contributed by atoms with van der Waals surface area (Å²) < 4.78 is 6.07. The smallest absolute Gasteiger partial charge is 0.137 e. The molecule has 29 heavy (non-hydrogen) atoms. The van der Waals surface area contributed by atoms with E-state index in [2.05, 4.69) is 48.5 Å². The molecule has 3 N–H and O–H groups in total. The molecule has 0 spiro atoms. The lowest BCUT2D eigenvalue weighted by Crippen LogP contribution is -2.00. The van der Waals surface area contributed by atoms with Gasteiger partial charge in [0.1, 0.15) is 11.3 Å². The van der Waals surface area contributed by atoms with Crippen molar-refractivity contribution >= 4 is 16.7 Å². The van der Waals surface area contributed by atoms with Gasteiger partial charge in [0.05, 0.1) is 5.36 Å². The van der Waals surface area contributed by atoms with Crippen LogP contribution >= 0.6 is 0 Å². The highest BCUT2D eigenvalue weighted by atomic mass is 16.3. The van der Waals surface area contributed by atoms with Crippen LogP contribution in [0.3, 0.4) is 0 Å². The summed E-state index contributed by atoms with van der Waals surface area (Å²) >= 11 is 0. The van der Waals surface area contributed by atoms with Gasteiger partial charge in [-0.3, -0.25) is 0 Å². The largest absolute Gasteiger partial charge is 0.456 e. The summed E-state index contributed by atoms with van der Waals surface area (Å²) in [4.78, 5) is 0. The molecule has 0 radical (unpaired) electrons. The number of fused-ring (bicyclic) bond motifs is 2. The molecule has 0 aromatic heterocycles. The lowest BCUT2D eigenvalue weighted by atomic mass is 9.92. The third kappa shape index (κ3) is 3.27. The molecular weight excluding hydrogens is 356 g/mol. The molecule has 0 bridgehead atoms. The molecule has 0 fully saturated rings. The van der Waals surface area contributed by atoms with E-state index in [0.29, 0.717) is 16.8 Å².